The number of ether oxygens (including phenoxy) is 1. The third-order valence-corrected chi connectivity index (χ3v) is 2.84. The second-order valence-corrected chi connectivity index (χ2v) is 4.80. The van der Waals surface area contributed by atoms with Gasteiger partial charge in [0.25, 0.3) is 0 Å². The highest BCUT2D eigenvalue weighted by Crippen LogP contribution is 2.26. The van der Waals surface area contributed by atoms with E-state index in [1.54, 1.807) is 24.3 Å². The number of halogens is 2. The monoisotopic (exact) mass is 310 g/mol. The molecule has 3 nitrogen and oxygen atoms in total. The molecule has 0 unspecified atom stereocenters. The summed E-state index contributed by atoms with van der Waals surface area (Å²) in [6.45, 7) is 1.84. The lowest BCUT2D eigenvalue weighted by atomic mass is 10.2. The molecule has 0 aliphatic carbocycles. The molecule has 94 valence electrons. The maximum atomic E-state index is 13.5. The van der Waals surface area contributed by atoms with Gasteiger partial charge in [0.1, 0.15) is 5.75 Å². The summed E-state index contributed by atoms with van der Waals surface area (Å²) in [5, 5.41) is 0. The van der Waals surface area contributed by atoms with Crippen molar-refractivity contribution in [3.63, 3.8) is 0 Å². The fourth-order valence-corrected chi connectivity index (χ4v) is 1.74. The minimum absolute atomic E-state index is 0.136. The third kappa shape index (κ3) is 3.05. The molecule has 0 fully saturated rings. The quantitative estimate of drug-likeness (QED) is 0.938. The summed E-state index contributed by atoms with van der Waals surface area (Å²) in [5.41, 5.74) is 6.45. The molecule has 18 heavy (non-hydrogen) atoms. The van der Waals surface area contributed by atoms with E-state index in [0.717, 1.165) is 5.69 Å². The van der Waals surface area contributed by atoms with Gasteiger partial charge in [-0.3, -0.25) is 4.98 Å². The van der Waals surface area contributed by atoms with Crippen LogP contribution in [0.5, 0.6) is 11.5 Å². The molecule has 0 spiro atoms. The number of nitrogens with zero attached hydrogens (tertiary/aromatic N) is 1. The number of hydrogen-bond donors (Lipinski definition) is 1. The van der Waals surface area contributed by atoms with Crippen LogP contribution in [-0.4, -0.2) is 4.98 Å². The van der Waals surface area contributed by atoms with Gasteiger partial charge in [-0.25, -0.2) is 4.39 Å². The number of benzene rings is 1. The number of aromatic nitrogens is 1. The van der Waals surface area contributed by atoms with E-state index in [1.165, 1.54) is 12.3 Å². The fourth-order valence-electron chi connectivity index (χ4n) is 1.41. The van der Waals surface area contributed by atoms with Gasteiger partial charge in [-0.1, -0.05) is 15.9 Å². The highest BCUT2D eigenvalue weighted by molar-refractivity contribution is 9.10. The molecule has 1 atom stereocenters. The van der Waals surface area contributed by atoms with Crippen molar-refractivity contribution in [1.29, 1.82) is 0 Å². The van der Waals surface area contributed by atoms with Crippen LogP contribution in [0.25, 0.3) is 0 Å². The van der Waals surface area contributed by atoms with Crippen LogP contribution in [-0.2, 0) is 0 Å². The zero-order chi connectivity index (χ0) is 13.1. The van der Waals surface area contributed by atoms with E-state index >= 15 is 0 Å². The molecule has 2 aromatic rings. The first-order valence-electron chi connectivity index (χ1n) is 5.40. The van der Waals surface area contributed by atoms with Crippen molar-refractivity contribution < 1.29 is 9.13 Å². The highest BCUT2D eigenvalue weighted by Gasteiger charge is 2.06. The molecule has 1 heterocycles. The van der Waals surface area contributed by atoms with E-state index < -0.39 is 5.82 Å². The van der Waals surface area contributed by atoms with Crippen LogP contribution in [0.15, 0.2) is 41.0 Å². The van der Waals surface area contributed by atoms with Crippen LogP contribution in [0, 0.1) is 5.82 Å². The molecular weight excluding hydrogens is 299 g/mol. The summed E-state index contributed by atoms with van der Waals surface area (Å²) in [5.74, 6) is 0.204. The van der Waals surface area contributed by atoms with E-state index in [-0.39, 0.29) is 11.8 Å². The van der Waals surface area contributed by atoms with Gasteiger partial charge in [0.05, 0.1) is 11.9 Å². The van der Waals surface area contributed by atoms with Crippen molar-refractivity contribution in [2.24, 2.45) is 5.73 Å². The zero-order valence-corrected chi connectivity index (χ0v) is 11.3. The van der Waals surface area contributed by atoms with Crippen LogP contribution < -0.4 is 10.5 Å². The van der Waals surface area contributed by atoms with Gasteiger partial charge in [0.15, 0.2) is 11.6 Å². The Balaban J connectivity index is 2.18. The average molecular weight is 311 g/mol. The summed E-state index contributed by atoms with van der Waals surface area (Å²) in [7, 11) is 0. The molecule has 1 aromatic heterocycles. The van der Waals surface area contributed by atoms with Gasteiger partial charge < -0.3 is 10.5 Å². The first-order chi connectivity index (χ1) is 8.56. The Bertz CT molecular complexity index is 543. The van der Waals surface area contributed by atoms with Gasteiger partial charge >= 0.3 is 0 Å². The second kappa shape index (κ2) is 5.46. The Morgan fingerprint density at radius 3 is 2.67 bits per heavy atom. The van der Waals surface area contributed by atoms with Crippen molar-refractivity contribution in [1.82, 2.24) is 4.98 Å². The van der Waals surface area contributed by atoms with Crippen LogP contribution in [0.2, 0.25) is 0 Å². The van der Waals surface area contributed by atoms with Crippen molar-refractivity contribution in [3.05, 3.63) is 52.5 Å². The Labute approximate surface area is 113 Å². The normalized spacial score (nSPS) is 12.2. The number of hydrogen-bond acceptors (Lipinski definition) is 3. The van der Waals surface area contributed by atoms with Crippen LogP contribution in [0.1, 0.15) is 18.7 Å². The van der Waals surface area contributed by atoms with Crippen molar-refractivity contribution in [2.75, 3.05) is 0 Å². The Hall–Kier alpha value is -1.46. The van der Waals surface area contributed by atoms with E-state index in [1.807, 2.05) is 6.92 Å². The highest BCUT2D eigenvalue weighted by atomic mass is 79.9. The van der Waals surface area contributed by atoms with Gasteiger partial charge in [-0.05, 0) is 37.3 Å². The summed E-state index contributed by atoms with van der Waals surface area (Å²) < 4.78 is 19.6. The standard InChI is InChI=1S/C13H12BrFN2O/c1-8(16)12-4-3-10(7-17-12)18-13-5-2-9(14)6-11(13)15/h2-8H,16H2,1H3/t8-/m0/s1. The second-order valence-electron chi connectivity index (χ2n) is 3.88. The summed E-state index contributed by atoms with van der Waals surface area (Å²) >= 11 is 3.19. The number of nitrogens with two attached hydrogens (primary N) is 1. The Morgan fingerprint density at radius 1 is 1.33 bits per heavy atom. The van der Waals surface area contributed by atoms with Gasteiger partial charge in [0.2, 0.25) is 0 Å². The molecule has 0 aliphatic rings. The van der Waals surface area contributed by atoms with Crippen LogP contribution in [0.3, 0.4) is 0 Å². The molecule has 0 bridgehead atoms. The van der Waals surface area contributed by atoms with E-state index in [0.29, 0.717) is 10.2 Å². The summed E-state index contributed by atoms with van der Waals surface area (Å²) in [6, 6.07) is 7.95. The smallest absolute Gasteiger partial charge is 0.166 e. The minimum Gasteiger partial charge on any atom is -0.453 e. The molecule has 2 rings (SSSR count). The third-order valence-electron chi connectivity index (χ3n) is 2.35. The van der Waals surface area contributed by atoms with Gasteiger partial charge in [-0.15, -0.1) is 0 Å². The number of rotatable bonds is 3. The topological polar surface area (TPSA) is 48.1 Å². The van der Waals surface area contributed by atoms with Crippen molar-refractivity contribution in [3.8, 4) is 11.5 Å². The van der Waals surface area contributed by atoms with E-state index in [9.17, 15) is 4.39 Å². The first kappa shape index (κ1) is 13.0. The van der Waals surface area contributed by atoms with E-state index in [4.69, 9.17) is 10.5 Å². The zero-order valence-electron chi connectivity index (χ0n) is 9.73. The molecule has 2 N–H and O–H groups in total. The molecule has 0 radical (unpaired) electrons. The summed E-state index contributed by atoms with van der Waals surface area (Å²) in [4.78, 5) is 4.14. The van der Waals surface area contributed by atoms with Crippen LogP contribution in [0.4, 0.5) is 4.39 Å². The molecule has 0 amide bonds. The molecular formula is C13H12BrFN2O. The molecule has 5 heteroatoms. The molecule has 1 aromatic carbocycles. The molecule has 0 aliphatic heterocycles. The van der Waals surface area contributed by atoms with E-state index in [2.05, 4.69) is 20.9 Å². The average Bonchev–Trinajstić information content (AvgIpc) is 2.33. The predicted molar refractivity (Wildman–Crippen MR) is 71.0 cm³/mol. The maximum Gasteiger partial charge on any atom is 0.166 e. The van der Waals surface area contributed by atoms with Gasteiger partial charge in [-0.2, -0.15) is 0 Å². The van der Waals surface area contributed by atoms with Crippen molar-refractivity contribution >= 4 is 15.9 Å². The fraction of sp³-hybridized carbons (Fsp3) is 0.154. The molecule has 0 saturated carbocycles. The summed E-state index contributed by atoms with van der Waals surface area (Å²) in [6.07, 6.45) is 1.53. The SMILES string of the molecule is C[C@H](N)c1ccc(Oc2ccc(Br)cc2F)cn1. The molecule has 0 saturated heterocycles. The lowest BCUT2D eigenvalue weighted by Gasteiger charge is -2.08. The lowest BCUT2D eigenvalue weighted by Crippen LogP contribution is -2.06. The minimum atomic E-state index is -0.430. The Morgan fingerprint density at radius 2 is 2.11 bits per heavy atom. The Kier molecular flexibility index (Phi) is 3.93. The largest absolute Gasteiger partial charge is 0.453 e. The number of pyridine rings is 1. The van der Waals surface area contributed by atoms with Gasteiger partial charge in [0, 0.05) is 10.5 Å². The lowest BCUT2D eigenvalue weighted by molar-refractivity contribution is 0.439. The van der Waals surface area contributed by atoms with Crippen molar-refractivity contribution in [2.45, 2.75) is 13.0 Å². The first-order valence-corrected chi connectivity index (χ1v) is 6.20. The predicted octanol–water partition coefficient (Wildman–Crippen LogP) is 3.80. The maximum absolute atomic E-state index is 13.5. The van der Waals surface area contributed by atoms with Crippen LogP contribution >= 0.6 is 15.9 Å².